The number of nitrogens with zero attached hydrogens (tertiary/aromatic N) is 3. The maximum absolute atomic E-state index is 13.7. The number of carbonyl (C=O) groups is 3. The highest BCUT2D eigenvalue weighted by Crippen LogP contribution is 2.35. The van der Waals surface area contributed by atoms with Crippen LogP contribution in [0.2, 0.25) is 0 Å². The van der Waals surface area contributed by atoms with Crippen molar-refractivity contribution in [3.05, 3.63) is 29.8 Å². The van der Waals surface area contributed by atoms with E-state index in [9.17, 15) is 14.4 Å². The second-order valence-corrected chi connectivity index (χ2v) is 11.5. The van der Waals surface area contributed by atoms with E-state index in [1.54, 1.807) is 4.90 Å². The summed E-state index contributed by atoms with van der Waals surface area (Å²) in [6.07, 6.45) is 1.09. The van der Waals surface area contributed by atoms with Crippen molar-refractivity contribution in [1.29, 1.82) is 0 Å². The summed E-state index contributed by atoms with van der Waals surface area (Å²) in [4.78, 5) is 45.8. The normalized spacial score (nSPS) is 26.1. The number of fused-ring (bicyclic) bond motifs is 1. The van der Waals surface area contributed by atoms with Gasteiger partial charge in [-0.2, -0.15) is 0 Å². The zero-order valence-corrected chi connectivity index (χ0v) is 21.8. The molecule has 35 heavy (non-hydrogen) atoms. The van der Waals surface area contributed by atoms with Gasteiger partial charge in [-0.15, -0.1) is 0 Å². The first-order valence-corrected chi connectivity index (χ1v) is 12.9. The molecular weight excluding hydrogens is 444 g/mol. The highest BCUT2D eigenvalue weighted by atomic mass is 16.5. The number of likely N-dealkylation sites (N-methyl/N-ethyl adjacent to an activating group) is 1. The van der Waals surface area contributed by atoms with Gasteiger partial charge in [-0.1, -0.05) is 27.7 Å². The van der Waals surface area contributed by atoms with Crippen molar-refractivity contribution >= 4 is 23.3 Å². The largest absolute Gasteiger partial charge is 0.369 e. The monoisotopic (exact) mass is 484 g/mol. The average molecular weight is 485 g/mol. The molecule has 3 aliphatic heterocycles. The van der Waals surface area contributed by atoms with E-state index in [2.05, 4.69) is 49.9 Å². The predicted molar refractivity (Wildman–Crippen MR) is 136 cm³/mol. The fraction of sp³-hybridized carbons (Fsp3) is 0.667. The second-order valence-electron chi connectivity index (χ2n) is 11.5. The van der Waals surface area contributed by atoms with Crippen molar-refractivity contribution in [3.8, 4) is 0 Å². The number of rotatable bonds is 6. The van der Waals surface area contributed by atoms with Gasteiger partial charge >= 0.3 is 0 Å². The highest BCUT2D eigenvalue weighted by molar-refractivity contribution is 5.99. The molecule has 0 bridgehead atoms. The number of hydrogen-bond donors (Lipinski definition) is 1. The number of ketones is 1. The Kier molecular flexibility index (Phi) is 7.52. The minimum Gasteiger partial charge on any atom is -0.369 e. The van der Waals surface area contributed by atoms with Crippen LogP contribution in [-0.2, 0) is 14.3 Å². The average Bonchev–Trinajstić information content (AvgIpc) is 3.38. The maximum atomic E-state index is 13.7. The van der Waals surface area contributed by atoms with Gasteiger partial charge in [-0.05, 0) is 49.6 Å². The number of ether oxygens (including phenoxy) is 1. The van der Waals surface area contributed by atoms with Crippen molar-refractivity contribution in [2.24, 2.45) is 11.3 Å². The second kappa shape index (κ2) is 10.3. The van der Waals surface area contributed by atoms with Gasteiger partial charge in [0, 0.05) is 49.9 Å². The molecule has 4 rings (SSSR count). The molecule has 192 valence electrons. The fourth-order valence-corrected chi connectivity index (χ4v) is 5.48. The van der Waals surface area contributed by atoms with Crippen LogP contribution >= 0.6 is 0 Å². The van der Waals surface area contributed by atoms with Crippen LogP contribution in [0.5, 0.6) is 0 Å². The molecule has 1 aromatic rings. The van der Waals surface area contributed by atoms with Crippen molar-refractivity contribution in [2.75, 3.05) is 51.3 Å². The Morgan fingerprint density at radius 3 is 2.37 bits per heavy atom. The Bertz CT molecular complexity index is 933. The number of hydrogen-bond acceptors (Lipinski definition) is 6. The molecule has 3 saturated heterocycles. The molecule has 1 aromatic carbocycles. The number of piperazine rings is 1. The zero-order valence-electron chi connectivity index (χ0n) is 21.8. The lowest BCUT2D eigenvalue weighted by atomic mass is 9.87. The Morgan fingerprint density at radius 2 is 1.77 bits per heavy atom. The quantitative estimate of drug-likeness (QED) is 0.667. The molecule has 1 unspecified atom stereocenters. The number of likely N-dealkylation sites (tertiary alicyclic amines) is 1. The molecular formula is C27H40N4O4. The Morgan fingerprint density at radius 1 is 1.11 bits per heavy atom. The Labute approximate surface area is 209 Å². The van der Waals surface area contributed by atoms with Crippen molar-refractivity contribution in [1.82, 2.24) is 15.1 Å². The van der Waals surface area contributed by atoms with Crippen LogP contribution in [0.15, 0.2) is 24.3 Å². The summed E-state index contributed by atoms with van der Waals surface area (Å²) >= 11 is 0. The molecule has 8 nitrogen and oxygen atoms in total. The van der Waals surface area contributed by atoms with Gasteiger partial charge in [0.15, 0.2) is 5.78 Å². The number of nitrogens with one attached hydrogen (secondary N) is 1. The van der Waals surface area contributed by atoms with Crippen LogP contribution in [0.25, 0.3) is 0 Å². The predicted octanol–water partition coefficient (Wildman–Crippen LogP) is 2.18. The van der Waals surface area contributed by atoms with Crippen LogP contribution in [0.4, 0.5) is 5.69 Å². The van der Waals surface area contributed by atoms with Crippen LogP contribution < -0.4 is 10.2 Å². The molecule has 0 aromatic heterocycles. The highest BCUT2D eigenvalue weighted by Gasteiger charge is 2.52. The number of benzene rings is 1. The van der Waals surface area contributed by atoms with Crippen molar-refractivity contribution in [2.45, 2.75) is 58.7 Å². The third kappa shape index (κ3) is 5.70. The molecule has 2 amide bonds. The van der Waals surface area contributed by atoms with E-state index in [0.717, 1.165) is 38.3 Å². The molecule has 1 N–H and O–H groups in total. The summed E-state index contributed by atoms with van der Waals surface area (Å²) in [6.45, 7) is 12.7. The van der Waals surface area contributed by atoms with Gasteiger partial charge < -0.3 is 24.8 Å². The third-order valence-electron chi connectivity index (χ3n) is 7.52. The number of carbonyl (C=O) groups excluding carboxylic acids is 3. The fourth-order valence-electron chi connectivity index (χ4n) is 5.48. The summed E-state index contributed by atoms with van der Waals surface area (Å²) in [7, 11) is 2.13. The zero-order chi connectivity index (χ0) is 25.3. The lowest BCUT2D eigenvalue weighted by Crippen LogP contribution is -2.53. The molecule has 3 heterocycles. The topological polar surface area (TPSA) is 82.2 Å². The summed E-state index contributed by atoms with van der Waals surface area (Å²) in [5.41, 5.74) is 1.45. The standard InChI is InChI=1S/C27H40N4O4/c1-6-18-16-31(23-22(32)17-35-24(18)23)26(34)21(15-27(2,3)4)28-25(33)19-7-9-20(10-8-19)30-13-11-29(5)12-14-30/h7-10,18,21,23-24H,6,11-17H2,1-5H3,(H,28,33)/t18-,21?,23-,24-/m1/s1. The van der Waals surface area contributed by atoms with Gasteiger partial charge in [0.05, 0.1) is 6.10 Å². The van der Waals surface area contributed by atoms with Gasteiger partial charge in [-0.3, -0.25) is 14.4 Å². The summed E-state index contributed by atoms with van der Waals surface area (Å²) in [6, 6.07) is 6.38. The van der Waals surface area contributed by atoms with Crippen molar-refractivity contribution < 1.29 is 19.1 Å². The van der Waals surface area contributed by atoms with E-state index in [0.29, 0.717) is 18.5 Å². The minimum atomic E-state index is -0.704. The molecule has 8 heteroatoms. The molecule has 0 spiro atoms. The lowest BCUT2D eigenvalue weighted by molar-refractivity contribution is -0.138. The first kappa shape index (κ1) is 25.6. The summed E-state index contributed by atoms with van der Waals surface area (Å²) in [5.74, 6) is -0.357. The Balaban J connectivity index is 1.48. The van der Waals surface area contributed by atoms with E-state index in [1.165, 1.54) is 0 Å². The summed E-state index contributed by atoms with van der Waals surface area (Å²) in [5, 5.41) is 3.00. The molecule has 3 aliphatic rings. The van der Waals surface area contributed by atoms with Gasteiger partial charge in [0.25, 0.3) is 5.91 Å². The lowest BCUT2D eigenvalue weighted by Gasteiger charge is -2.34. The molecule has 0 saturated carbocycles. The number of anilines is 1. The number of amides is 2. The van der Waals surface area contributed by atoms with Crippen LogP contribution in [0.3, 0.4) is 0 Å². The van der Waals surface area contributed by atoms with E-state index >= 15 is 0 Å². The third-order valence-corrected chi connectivity index (χ3v) is 7.52. The minimum absolute atomic E-state index is 0.0420. The SMILES string of the molecule is CC[C@@H]1CN(C(=O)C(CC(C)(C)C)NC(=O)c2ccc(N3CCN(C)CC3)cc2)[C@@H]2C(=O)CO[C@H]12. The first-order valence-electron chi connectivity index (χ1n) is 12.9. The van der Waals surface area contributed by atoms with Gasteiger partial charge in [-0.25, -0.2) is 0 Å². The molecule has 0 radical (unpaired) electrons. The first-order chi connectivity index (χ1) is 16.6. The maximum Gasteiger partial charge on any atom is 0.251 e. The van der Waals surface area contributed by atoms with Crippen molar-refractivity contribution in [3.63, 3.8) is 0 Å². The van der Waals surface area contributed by atoms with E-state index in [-0.39, 0.29) is 41.6 Å². The van der Waals surface area contributed by atoms with E-state index in [1.807, 2.05) is 24.3 Å². The van der Waals surface area contributed by atoms with Crippen LogP contribution in [-0.4, -0.2) is 92.0 Å². The summed E-state index contributed by atoms with van der Waals surface area (Å²) < 4.78 is 5.73. The van der Waals surface area contributed by atoms with E-state index < -0.39 is 12.1 Å². The molecule has 3 fully saturated rings. The molecule has 4 atom stereocenters. The van der Waals surface area contributed by atoms with Crippen LogP contribution in [0, 0.1) is 11.3 Å². The Hall–Kier alpha value is -2.45. The van der Waals surface area contributed by atoms with Gasteiger partial charge in [0.1, 0.15) is 18.7 Å². The molecule has 0 aliphatic carbocycles. The van der Waals surface area contributed by atoms with E-state index in [4.69, 9.17) is 4.74 Å². The number of Topliss-reactive ketones (excluding diaryl/α,β-unsaturated/α-hetero) is 1. The smallest absolute Gasteiger partial charge is 0.251 e. The van der Waals surface area contributed by atoms with Crippen LogP contribution in [0.1, 0.15) is 50.9 Å². The van der Waals surface area contributed by atoms with Gasteiger partial charge in [0.2, 0.25) is 5.91 Å².